The van der Waals surface area contributed by atoms with Crippen LogP contribution in [0.1, 0.15) is 43.1 Å². The van der Waals surface area contributed by atoms with Gasteiger partial charge in [0.05, 0.1) is 19.7 Å². The Bertz CT molecular complexity index is 573. The van der Waals surface area contributed by atoms with Crippen molar-refractivity contribution < 1.29 is 9.53 Å². The fraction of sp³-hybridized carbons (Fsp3) is 0.765. The number of ether oxygens (including phenoxy) is 1. The second-order valence-electron chi connectivity index (χ2n) is 7.17. The summed E-state index contributed by atoms with van der Waals surface area (Å²) >= 11 is 0. The molecule has 1 atom stereocenters. The molecule has 6 nitrogen and oxygen atoms in total. The molecule has 0 N–H and O–H groups in total. The molecule has 1 amide bonds. The molecule has 0 aliphatic carbocycles. The number of hydrogen-bond donors (Lipinski definition) is 0. The molecule has 0 radical (unpaired) electrons. The molecule has 3 aliphatic heterocycles. The first kappa shape index (κ1) is 15.1. The van der Waals surface area contributed by atoms with Crippen molar-refractivity contribution in [1.82, 2.24) is 19.6 Å². The van der Waals surface area contributed by atoms with Gasteiger partial charge in [0.1, 0.15) is 11.3 Å². The normalized spacial score (nSPS) is 27.3. The predicted molar refractivity (Wildman–Crippen MR) is 86.3 cm³/mol. The number of aryl methyl sites for hydroxylation is 1. The topological polar surface area (TPSA) is 50.6 Å². The highest BCUT2D eigenvalue weighted by Crippen LogP contribution is 2.38. The Hall–Kier alpha value is -1.40. The van der Waals surface area contributed by atoms with E-state index >= 15 is 0 Å². The van der Waals surface area contributed by atoms with Crippen molar-refractivity contribution in [3.05, 3.63) is 18.0 Å². The van der Waals surface area contributed by atoms with E-state index in [0.29, 0.717) is 11.7 Å². The fourth-order valence-electron chi connectivity index (χ4n) is 4.17. The number of amides is 1. The summed E-state index contributed by atoms with van der Waals surface area (Å²) in [6.45, 7) is 7.49. The molecule has 1 aromatic heterocycles. The average Bonchev–Trinajstić information content (AvgIpc) is 3.21. The third kappa shape index (κ3) is 2.78. The van der Waals surface area contributed by atoms with Gasteiger partial charge in [-0.05, 0) is 45.3 Å². The second-order valence-corrected chi connectivity index (χ2v) is 7.17. The van der Waals surface area contributed by atoms with E-state index in [1.165, 1.54) is 32.4 Å². The number of carbonyl (C=O) groups excluding carboxylic acids is 1. The molecule has 0 aromatic carbocycles. The van der Waals surface area contributed by atoms with Crippen LogP contribution in [0.3, 0.4) is 0 Å². The molecule has 1 aromatic rings. The largest absolute Gasteiger partial charge is 0.370 e. The Morgan fingerprint density at radius 3 is 2.83 bits per heavy atom. The highest BCUT2D eigenvalue weighted by atomic mass is 16.5. The van der Waals surface area contributed by atoms with E-state index in [1.807, 2.05) is 24.1 Å². The first-order valence-electron chi connectivity index (χ1n) is 8.90. The van der Waals surface area contributed by atoms with E-state index in [4.69, 9.17) is 4.74 Å². The van der Waals surface area contributed by atoms with Crippen LogP contribution in [0, 0.1) is 0 Å². The summed E-state index contributed by atoms with van der Waals surface area (Å²) in [6.07, 6.45) is 6.92. The zero-order chi connectivity index (χ0) is 15.9. The van der Waals surface area contributed by atoms with Gasteiger partial charge in [-0.25, -0.2) is 0 Å². The molecule has 0 bridgehead atoms. The quantitative estimate of drug-likeness (QED) is 0.845. The van der Waals surface area contributed by atoms with Crippen LogP contribution in [0.5, 0.6) is 0 Å². The van der Waals surface area contributed by atoms with Crippen LogP contribution in [0.25, 0.3) is 0 Å². The van der Waals surface area contributed by atoms with Crippen molar-refractivity contribution in [3.8, 4) is 0 Å². The van der Waals surface area contributed by atoms with Gasteiger partial charge in [0.25, 0.3) is 5.91 Å². The van der Waals surface area contributed by atoms with Crippen molar-refractivity contribution in [1.29, 1.82) is 0 Å². The summed E-state index contributed by atoms with van der Waals surface area (Å²) in [7, 11) is 0. The van der Waals surface area contributed by atoms with Crippen LogP contribution in [-0.4, -0.2) is 69.9 Å². The Kier molecular flexibility index (Phi) is 3.89. The first-order valence-corrected chi connectivity index (χ1v) is 8.90. The van der Waals surface area contributed by atoms with Gasteiger partial charge >= 0.3 is 0 Å². The summed E-state index contributed by atoms with van der Waals surface area (Å²) in [5, 5.41) is 4.31. The maximum Gasteiger partial charge on any atom is 0.274 e. The van der Waals surface area contributed by atoms with Gasteiger partial charge in [-0.15, -0.1) is 0 Å². The summed E-state index contributed by atoms with van der Waals surface area (Å²) in [6, 6.07) is 2.36. The monoisotopic (exact) mass is 318 g/mol. The molecule has 3 aliphatic rings. The first-order chi connectivity index (χ1) is 11.2. The molecule has 4 rings (SSSR count). The second kappa shape index (κ2) is 5.91. The molecule has 126 valence electrons. The van der Waals surface area contributed by atoms with Crippen LogP contribution in [0.15, 0.2) is 12.3 Å². The minimum atomic E-state index is -0.0922. The molecule has 6 heteroatoms. The predicted octanol–water partition coefficient (Wildman–Crippen LogP) is 1.37. The highest BCUT2D eigenvalue weighted by Gasteiger charge is 2.52. The van der Waals surface area contributed by atoms with Gasteiger partial charge < -0.3 is 9.64 Å². The summed E-state index contributed by atoms with van der Waals surface area (Å²) < 4.78 is 7.92. The zero-order valence-electron chi connectivity index (χ0n) is 13.9. The van der Waals surface area contributed by atoms with Gasteiger partial charge in [0, 0.05) is 18.8 Å². The third-order valence-electron chi connectivity index (χ3n) is 5.53. The van der Waals surface area contributed by atoms with Crippen molar-refractivity contribution in [2.75, 3.05) is 32.8 Å². The van der Waals surface area contributed by atoms with Crippen LogP contribution in [0.4, 0.5) is 0 Å². The molecule has 3 saturated heterocycles. The Morgan fingerprint density at radius 1 is 1.35 bits per heavy atom. The fourth-order valence-corrected chi connectivity index (χ4v) is 4.17. The van der Waals surface area contributed by atoms with E-state index in [1.54, 1.807) is 4.68 Å². The number of rotatable bonds is 3. The van der Waals surface area contributed by atoms with E-state index in [-0.39, 0.29) is 11.5 Å². The minimum absolute atomic E-state index is 0.0350. The van der Waals surface area contributed by atoms with Gasteiger partial charge in [-0.1, -0.05) is 6.42 Å². The van der Waals surface area contributed by atoms with Gasteiger partial charge in [0.15, 0.2) is 0 Å². The number of piperidine rings is 1. The molecule has 1 spiro atoms. The Balaban J connectivity index is 1.33. The third-order valence-corrected chi connectivity index (χ3v) is 5.53. The van der Waals surface area contributed by atoms with Gasteiger partial charge in [-0.3, -0.25) is 14.4 Å². The number of nitrogens with zero attached hydrogens (tertiary/aromatic N) is 4. The SMILES string of the molecule is CCn1ccc(C(=O)N2CC3(CC(N4CCCCC4)CO3)C2)n1. The van der Waals surface area contributed by atoms with Crippen molar-refractivity contribution in [3.63, 3.8) is 0 Å². The molecule has 1 unspecified atom stereocenters. The highest BCUT2D eigenvalue weighted by molar-refractivity contribution is 5.93. The van der Waals surface area contributed by atoms with Crippen molar-refractivity contribution >= 4 is 5.91 Å². The molecule has 4 heterocycles. The average molecular weight is 318 g/mol. The van der Waals surface area contributed by atoms with Crippen molar-refractivity contribution in [2.24, 2.45) is 0 Å². The Morgan fingerprint density at radius 2 is 2.13 bits per heavy atom. The van der Waals surface area contributed by atoms with Gasteiger partial charge in [-0.2, -0.15) is 5.10 Å². The lowest BCUT2D eigenvalue weighted by Gasteiger charge is -2.47. The molecule has 0 saturated carbocycles. The van der Waals surface area contributed by atoms with Crippen LogP contribution in [0.2, 0.25) is 0 Å². The van der Waals surface area contributed by atoms with Gasteiger partial charge in [0.2, 0.25) is 0 Å². The van der Waals surface area contributed by atoms with Crippen LogP contribution in [-0.2, 0) is 11.3 Å². The maximum atomic E-state index is 12.5. The van der Waals surface area contributed by atoms with E-state index in [0.717, 1.165) is 32.7 Å². The number of aromatic nitrogens is 2. The van der Waals surface area contributed by atoms with E-state index in [9.17, 15) is 4.79 Å². The minimum Gasteiger partial charge on any atom is -0.370 e. The molecular weight excluding hydrogens is 292 g/mol. The zero-order valence-corrected chi connectivity index (χ0v) is 13.9. The molecule has 23 heavy (non-hydrogen) atoms. The van der Waals surface area contributed by atoms with E-state index < -0.39 is 0 Å². The smallest absolute Gasteiger partial charge is 0.274 e. The number of carbonyl (C=O) groups is 1. The number of likely N-dealkylation sites (tertiary alicyclic amines) is 2. The van der Waals surface area contributed by atoms with Crippen LogP contribution < -0.4 is 0 Å². The lowest BCUT2D eigenvalue weighted by Crippen LogP contribution is -2.63. The lowest BCUT2D eigenvalue weighted by molar-refractivity contribution is -0.0952. The number of hydrogen-bond acceptors (Lipinski definition) is 4. The molecule has 3 fully saturated rings. The maximum absolute atomic E-state index is 12.5. The van der Waals surface area contributed by atoms with Crippen LogP contribution >= 0.6 is 0 Å². The van der Waals surface area contributed by atoms with E-state index in [2.05, 4.69) is 10.00 Å². The summed E-state index contributed by atoms with van der Waals surface area (Å²) in [5.41, 5.74) is 0.456. The van der Waals surface area contributed by atoms with Crippen molar-refractivity contribution in [2.45, 2.75) is 50.8 Å². The standard InChI is InChI=1S/C17H26N4O2/c1-2-21-9-6-15(18-21)16(22)20-12-17(13-20)10-14(11-23-17)19-7-4-3-5-8-19/h6,9,14H,2-5,7-8,10-13H2,1H3. The Labute approximate surface area is 137 Å². The summed E-state index contributed by atoms with van der Waals surface area (Å²) in [4.78, 5) is 16.9. The summed E-state index contributed by atoms with van der Waals surface area (Å²) in [5.74, 6) is 0.0350. The lowest BCUT2D eigenvalue weighted by atomic mass is 9.88. The molecular formula is C17H26N4O2.